The van der Waals surface area contributed by atoms with Crippen LogP contribution in [0, 0.1) is 0 Å². The molecule has 208 valence electrons. The molecule has 0 saturated heterocycles. The minimum Gasteiger partial charge on any atom is -0.506 e. The number of carboxylic acids is 1. The molecule has 4 aromatic carbocycles. The predicted octanol–water partition coefficient (Wildman–Crippen LogP) is 7.01. The quantitative estimate of drug-likeness (QED) is 0.106. The molecule has 6 rings (SSSR count). The summed E-state index contributed by atoms with van der Waals surface area (Å²) in [6.45, 7) is 0. The second-order valence-electron chi connectivity index (χ2n) is 10.0. The summed E-state index contributed by atoms with van der Waals surface area (Å²) in [6.07, 6.45) is -1.71. The number of halogens is 1. The molecule has 1 atom stereocenters. The van der Waals surface area contributed by atoms with E-state index in [0.717, 1.165) is 0 Å². The van der Waals surface area contributed by atoms with E-state index >= 15 is 0 Å². The lowest BCUT2D eigenvalue weighted by Crippen LogP contribution is -2.14. The van der Waals surface area contributed by atoms with Gasteiger partial charge in [0.1, 0.15) is 23.2 Å². The lowest BCUT2D eigenvalue weighted by molar-refractivity contribution is -0.136. The third kappa shape index (κ3) is 4.79. The van der Waals surface area contributed by atoms with Crippen LogP contribution in [0.15, 0.2) is 100 Å². The standard InChI is InChI=1S/C34H23ClO7/c35-26-16-24-19(15-28(26)37)10-12-23-31(25-14-20(11-13-30(38)39)27(36)17-29(25)42-34(23)24)21-8-4-5-9-22(21)33(41)32(40)18-6-2-1-3-7-18/h1-10,12,14-17,33,37,41H,11,13H2,(H,38,39). The van der Waals surface area contributed by atoms with Crippen LogP contribution in [0.3, 0.4) is 0 Å². The van der Waals surface area contributed by atoms with Crippen LogP contribution in [-0.4, -0.2) is 27.1 Å². The van der Waals surface area contributed by atoms with Crippen LogP contribution < -0.4 is 5.43 Å². The van der Waals surface area contributed by atoms with Crippen molar-refractivity contribution in [2.75, 3.05) is 0 Å². The Kier molecular flexibility index (Phi) is 6.98. The first-order chi connectivity index (χ1) is 20.2. The highest BCUT2D eigenvalue weighted by Crippen LogP contribution is 2.45. The molecule has 4 aromatic rings. The lowest BCUT2D eigenvalue weighted by atomic mass is 9.86. The summed E-state index contributed by atoms with van der Waals surface area (Å²) >= 11 is 6.27. The zero-order valence-electron chi connectivity index (χ0n) is 22.0. The fourth-order valence-electron chi connectivity index (χ4n) is 5.35. The van der Waals surface area contributed by atoms with Gasteiger partial charge in [-0.1, -0.05) is 72.3 Å². The van der Waals surface area contributed by atoms with E-state index in [0.29, 0.717) is 55.1 Å². The van der Waals surface area contributed by atoms with Gasteiger partial charge in [0.05, 0.1) is 5.02 Å². The first-order valence-electron chi connectivity index (χ1n) is 13.2. The van der Waals surface area contributed by atoms with Crippen molar-refractivity contribution in [3.63, 3.8) is 0 Å². The number of carboxylic acid groups (broad SMARTS) is 1. The fourth-order valence-corrected chi connectivity index (χ4v) is 5.51. The van der Waals surface area contributed by atoms with Gasteiger partial charge in [0.2, 0.25) is 0 Å². The Morgan fingerprint density at radius 1 is 0.857 bits per heavy atom. The highest BCUT2D eigenvalue weighted by molar-refractivity contribution is 6.33. The molecule has 0 saturated carbocycles. The average Bonchev–Trinajstić information content (AvgIpc) is 2.99. The van der Waals surface area contributed by atoms with E-state index in [2.05, 4.69) is 0 Å². The summed E-state index contributed by atoms with van der Waals surface area (Å²) in [7, 11) is 0. The number of phenols is 1. The number of carbonyl (C=O) groups excluding carboxylic acids is 1. The summed E-state index contributed by atoms with van der Waals surface area (Å²) in [5.74, 6) is -1.37. The Balaban J connectivity index is 1.68. The van der Waals surface area contributed by atoms with Gasteiger partial charge in [0.25, 0.3) is 0 Å². The number of fused-ring (bicyclic) bond motifs is 4. The van der Waals surface area contributed by atoms with E-state index in [1.807, 2.05) is 0 Å². The van der Waals surface area contributed by atoms with Crippen molar-refractivity contribution in [2.45, 2.75) is 18.9 Å². The maximum absolute atomic E-state index is 13.3. The molecular formula is C34H23ClO7. The van der Waals surface area contributed by atoms with Crippen LogP contribution in [-0.2, 0) is 11.2 Å². The van der Waals surface area contributed by atoms with E-state index in [9.17, 15) is 29.7 Å². The van der Waals surface area contributed by atoms with Gasteiger partial charge >= 0.3 is 5.97 Å². The highest BCUT2D eigenvalue weighted by Gasteiger charge is 2.27. The first kappa shape index (κ1) is 27.2. The number of Topliss-reactive ketones (excluding diaryl/α,β-unsaturated/α-hetero) is 1. The number of ketones is 1. The van der Waals surface area contributed by atoms with Gasteiger partial charge in [-0.3, -0.25) is 14.4 Å². The summed E-state index contributed by atoms with van der Waals surface area (Å²) in [6, 6.07) is 25.1. The Hall–Kier alpha value is -4.98. The average molecular weight is 579 g/mol. The van der Waals surface area contributed by atoms with Crippen molar-refractivity contribution >= 4 is 45.1 Å². The maximum Gasteiger partial charge on any atom is 0.303 e. The van der Waals surface area contributed by atoms with Crippen LogP contribution in [0.4, 0.5) is 0 Å². The molecule has 0 spiro atoms. The number of benzene rings is 5. The topological polar surface area (TPSA) is 125 Å². The van der Waals surface area contributed by atoms with Gasteiger partial charge in [-0.2, -0.15) is 0 Å². The van der Waals surface area contributed by atoms with Crippen LogP contribution in [0.5, 0.6) is 5.75 Å². The molecule has 1 heterocycles. The number of aryl methyl sites for hydroxylation is 1. The zero-order valence-corrected chi connectivity index (χ0v) is 22.8. The molecule has 0 aromatic heterocycles. The van der Waals surface area contributed by atoms with Gasteiger partial charge in [-0.05, 0) is 47.2 Å². The molecule has 42 heavy (non-hydrogen) atoms. The van der Waals surface area contributed by atoms with Gasteiger partial charge in [0.15, 0.2) is 11.2 Å². The number of phenolic OH excluding ortho intramolecular Hbond substituents is 1. The minimum atomic E-state index is -1.50. The molecule has 0 radical (unpaired) electrons. The largest absolute Gasteiger partial charge is 0.506 e. The van der Waals surface area contributed by atoms with E-state index in [-0.39, 0.29) is 34.8 Å². The van der Waals surface area contributed by atoms with Gasteiger partial charge in [-0.25, -0.2) is 0 Å². The molecule has 1 aliphatic heterocycles. The van der Waals surface area contributed by atoms with Crippen LogP contribution in [0.25, 0.3) is 44.2 Å². The summed E-state index contributed by atoms with van der Waals surface area (Å²) < 4.78 is 6.31. The summed E-state index contributed by atoms with van der Waals surface area (Å²) in [5, 5.41) is 32.7. The molecule has 3 N–H and O–H groups in total. The smallest absolute Gasteiger partial charge is 0.303 e. The first-order valence-corrected chi connectivity index (χ1v) is 13.5. The maximum atomic E-state index is 13.3. The van der Waals surface area contributed by atoms with Crippen LogP contribution >= 0.6 is 11.6 Å². The SMILES string of the molecule is O=C(O)CCc1cc2c(-c3ccccc3C(O)C(=O)c3ccccc3)c3ccc4cc(O)c(Cl)cc4c3oc-2cc1=O. The predicted molar refractivity (Wildman–Crippen MR) is 160 cm³/mol. The fraction of sp³-hybridized carbons (Fsp3) is 0.0882. The van der Waals surface area contributed by atoms with Gasteiger partial charge in [-0.15, -0.1) is 0 Å². The number of aliphatic hydroxyl groups excluding tert-OH is 1. The number of aliphatic carboxylic acids is 1. The number of aromatic hydroxyl groups is 1. The Labute approximate surface area is 244 Å². The number of hydrogen-bond donors (Lipinski definition) is 3. The Morgan fingerprint density at radius 2 is 1.60 bits per heavy atom. The Morgan fingerprint density at radius 3 is 2.36 bits per heavy atom. The molecule has 8 heteroatoms. The second kappa shape index (κ2) is 10.8. The van der Waals surface area contributed by atoms with E-state index in [4.69, 9.17) is 16.0 Å². The molecule has 7 nitrogen and oxygen atoms in total. The number of rotatable bonds is 7. The van der Waals surface area contributed by atoms with Gasteiger partial charge in [0, 0.05) is 45.5 Å². The molecular weight excluding hydrogens is 556 g/mol. The van der Waals surface area contributed by atoms with Crippen molar-refractivity contribution < 1.29 is 29.3 Å². The number of carbonyl (C=O) groups is 2. The molecule has 0 fully saturated rings. The van der Waals surface area contributed by atoms with E-state index in [1.165, 1.54) is 12.1 Å². The third-order valence-electron chi connectivity index (χ3n) is 7.39. The molecule has 2 aliphatic rings. The minimum absolute atomic E-state index is 0.0188. The third-order valence-corrected chi connectivity index (χ3v) is 7.69. The number of aliphatic hydroxyl groups is 1. The molecule has 0 amide bonds. The van der Waals surface area contributed by atoms with E-state index in [1.54, 1.807) is 78.9 Å². The second-order valence-corrected chi connectivity index (χ2v) is 10.4. The monoisotopic (exact) mass is 578 g/mol. The van der Waals surface area contributed by atoms with Crippen molar-refractivity contribution in [1.82, 2.24) is 0 Å². The van der Waals surface area contributed by atoms with E-state index < -0.39 is 17.9 Å². The van der Waals surface area contributed by atoms with Crippen molar-refractivity contribution in [2.24, 2.45) is 0 Å². The molecule has 1 unspecified atom stereocenters. The van der Waals surface area contributed by atoms with Crippen LogP contribution in [0.1, 0.15) is 34.0 Å². The zero-order chi connectivity index (χ0) is 29.5. The van der Waals surface area contributed by atoms with Crippen LogP contribution in [0.2, 0.25) is 5.02 Å². The lowest BCUT2D eigenvalue weighted by Gasteiger charge is -2.21. The van der Waals surface area contributed by atoms with Gasteiger partial charge < -0.3 is 19.7 Å². The normalized spacial score (nSPS) is 12.1. The van der Waals surface area contributed by atoms with Crippen molar-refractivity contribution in [3.8, 4) is 28.2 Å². The number of hydrogen-bond acceptors (Lipinski definition) is 6. The Bertz CT molecular complexity index is 2050. The molecule has 1 aliphatic carbocycles. The van der Waals surface area contributed by atoms with Crippen molar-refractivity contribution in [3.05, 3.63) is 123 Å². The summed E-state index contributed by atoms with van der Waals surface area (Å²) in [4.78, 5) is 37.6. The van der Waals surface area contributed by atoms with Crippen molar-refractivity contribution in [1.29, 1.82) is 0 Å². The summed E-state index contributed by atoms with van der Waals surface area (Å²) in [5.41, 5.74) is 2.64. The highest BCUT2D eigenvalue weighted by atomic mass is 35.5. The molecule has 0 bridgehead atoms.